The average Bonchev–Trinajstić information content (AvgIpc) is 3.53. The molecule has 23 nitrogen and oxygen atoms in total. The Labute approximate surface area is 511 Å². The molecule has 0 radical (unpaired) electrons. The molecule has 0 aliphatic heterocycles. The van der Waals surface area contributed by atoms with E-state index in [-0.39, 0.29) is 151 Å². The van der Waals surface area contributed by atoms with Gasteiger partial charge in [0.2, 0.25) is 0 Å². The maximum atomic E-state index is 11.7. The van der Waals surface area contributed by atoms with Gasteiger partial charge < -0.3 is 64.4 Å². The van der Waals surface area contributed by atoms with Crippen molar-refractivity contribution in [2.45, 2.75) is 243 Å². The molecule has 4 aliphatic carbocycles. The normalized spacial score (nSPS) is 14.9. The van der Waals surface area contributed by atoms with Crippen molar-refractivity contribution < 1.29 is 107 Å². The number of aliphatic hydroxyl groups excluding tert-OH is 2. The van der Waals surface area contributed by atoms with Crippen LogP contribution in [0.3, 0.4) is 0 Å². The number of carboxylic acids is 3. The maximum Gasteiger partial charge on any atom is 0.317 e. The number of esters is 7. The van der Waals surface area contributed by atoms with Gasteiger partial charge in [-0.05, 0) is 120 Å². The van der Waals surface area contributed by atoms with Crippen LogP contribution in [-0.4, -0.2) is 136 Å². The molecule has 2 aromatic rings. The molecule has 0 bridgehead atoms. The Kier molecular flexibility index (Phi) is 46.8. The Bertz CT molecular complexity index is 2200. The number of rotatable bonds is 28. The molecule has 0 aromatic heterocycles. The minimum absolute atomic E-state index is 0.00263. The molecule has 4 saturated carbocycles. The lowest BCUT2D eigenvalue weighted by Crippen LogP contribution is -2.21. The second-order valence-corrected chi connectivity index (χ2v) is 21.2. The standard InChI is InChI=1S/C21H28O6.C14H22O6.C11H14O3.C10H16O4.C6H12O.C2H5NO2/c22-19(26-16-17-8-3-1-4-9-17)12-7-15-25-20(23)13-14-21(24)27-18-10-5-2-6-11-18;15-12(16)7-4-10-19-13(17)8-9-14(18)20-11-5-2-1-3-6-11;12-8-4-7-11(13)14-9-10-5-2-1-3-6-10;11-9(12)6-7-10(13)14-8-4-2-1-3-5-8;7-6-4-2-1-3-5-6;3-1-2(4)5/h1,3-4,8-9,18H,2,5-7,10-16H2;11H,1-10H2,(H,15,16);1-3,5-6,12H,4,7-9H2;8H,1-7H2,(H,11,12);6-7H,1-5H2;1,3H2,(H,4,5). The van der Waals surface area contributed by atoms with Gasteiger partial charge >= 0.3 is 59.7 Å². The highest BCUT2D eigenvalue weighted by molar-refractivity contribution is 5.79. The molecule has 4 aliphatic rings. The van der Waals surface area contributed by atoms with E-state index in [1.807, 2.05) is 60.7 Å². The summed E-state index contributed by atoms with van der Waals surface area (Å²) in [6.07, 6.45) is 23.1. The number of hydrogen-bond acceptors (Lipinski definition) is 20. The minimum atomic E-state index is -0.968. The third kappa shape index (κ3) is 48.8. The largest absolute Gasteiger partial charge is 0.481 e. The fourth-order valence-electron chi connectivity index (χ4n) is 8.78. The van der Waals surface area contributed by atoms with E-state index in [0.29, 0.717) is 19.4 Å². The number of aliphatic carboxylic acids is 3. The predicted octanol–water partition coefficient (Wildman–Crippen LogP) is 9.33. The van der Waals surface area contributed by atoms with Crippen LogP contribution < -0.4 is 5.73 Å². The summed E-state index contributed by atoms with van der Waals surface area (Å²) in [5.74, 6) is -5.45. The summed E-state index contributed by atoms with van der Waals surface area (Å²) in [4.78, 5) is 110. The fraction of sp³-hybridized carbons (Fsp3) is 0.656. The summed E-state index contributed by atoms with van der Waals surface area (Å²) in [6, 6.07) is 18.9. The molecular formula is C64H97NO22. The Morgan fingerprint density at radius 3 is 0.977 bits per heavy atom. The number of carboxylic acid groups (broad SMARTS) is 3. The lowest BCUT2D eigenvalue weighted by molar-refractivity contribution is -0.155. The number of ether oxygens (including phenoxy) is 7. The highest BCUT2D eigenvalue weighted by Crippen LogP contribution is 2.23. The van der Waals surface area contributed by atoms with Crippen molar-refractivity contribution in [1.82, 2.24) is 0 Å². The van der Waals surface area contributed by atoms with Crippen LogP contribution in [0.4, 0.5) is 0 Å². The van der Waals surface area contributed by atoms with E-state index in [9.17, 15) is 47.9 Å². The molecule has 7 N–H and O–H groups in total. The Morgan fingerprint density at radius 1 is 0.368 bits per heavy atom. The molecule has 0 unspecified atom stereocenters. The molecule has 0 heterocycles. The van der Waals surface area contributed by atoms with E-state index in [1.165, 1.54) is 38.5 Å². The van der Waals surface area contributed by atoms with E-state index in [0.717, 1.165) is 101 Å². The van der Waals surface area contributed by atoms with Gasteiger partial charge in [-0.1, -0.05) is 99.2 Å². The Hall–Kier alpha value is -6.98. The summed E-state index contributed by atoms with van der Waals surface area (Å²) in [6.45, 7) is 0.508. The van der Waals surface area contributed by atoms with Crippen LogP contribution >= 0.6 is 0 Å². The first-order valence-corrected chi connectivity index (χ1v) is 30.8. The van der Waals surface area contributed by atoms with Crippen molar-refractivity contribution >= 4 is 59.7 Å². The van der Waals surface area contributed by atoms with Crippen LogP contribution in [0.25, 0.3) is 0 Å². The van der Waals surface area contributed by atoms with E-state index in [1.54, 1.807) is 0 Å². The van der Waals surface area contributed by atoms with Gasteiger partial charge in [-0.15, -0.1) is 0 Å². The lowest BCUT2D eigenvalue weighted by Gasteiger charge is -2.21. The van der Waals surface area contributed by atoms with Gasteiger partial charge in [-0.3, -0.25) is 47.9 Å². The summed E-state index contributed by atoms with van der Waals surface area (Å²) in [5, 5.41) is 41.8. The van der Waals surface area contributed by atoms with Gasteiger partial charge in [0.25, 0.3) is 0 Å². The molecule has 2 aromatic carbocycles. The molecule has 0 saturated heterocycles. The second kappa shape index (κ2) is 52.2. The van der Waals surface area contributed by atoms with Crippen LogP contribution in [-0.2, 0) is 94.3 Å². The quantitative estimate of drug-likeness (QED) is 0.0262. The smallest absolute Gasteiger partial charge is 0.317 e. The fourth-order valence-corrected chi connectivity index (χ4v) is 8.78. The maximum absolute atomic E-state index is 11.7. The molecule has 0 atom stereocenters. The van der Waals surface area contributed by atoms with Crippen LogP contribution in [0, 0.1) is 0 Å². The van der Waals surface area contributed by atoms with Crippen LogP contribution in [0.5, 0.6) is 0 Å². The zero-order valence-electron chi connectivity index (χ0n) is 50.7. The van der Waals surface area contributed by atoms with E-state index in [4.69, 9.17) is 58.7 Å². The molecule has 4 fully saturated rings. The number of benzene rings is 2. The van der Waals surface area contributed by atoms with E-state index >= 15 is 0 Å². The van der Waals surface area contributed by atoms with Crippen LogP contribution in [0.1, 0.15) is 217 Å². The molecular weight excluding hydrogens is 1130 g/mol. The van der Waals surface area contributed by atoms with Crippen molar-refractivity contribution in [2.75, 3.05) is 26.4 Å². The Balaban J connectivity index is 0.000000559. The van der Waals surface area contributed by atoms with Gasteiger partial charge in [0, 0.05) is 25.9 Å². The first kappa shape index (κ1) is 78.0. The molecule has 0 amide bonds. The van der Waals surface area contributed by atoms with Gasteiger partial charge in [-0.25, -0.2) is 0 Å². The third-order valence-corrected chi connectivity index (χ3v) is 13.5. The number of carbonyl (C=O) groups excluding carboxylic acids is 7. The summed E-state index contributed by atoms with van der Waals surface area (Å²) in [5.41, 5.74) is 6.48. The van der Waals surface area contributed by atoms with Crippen molar-refractivity contribution in [1.29, 1.82) is 0 Å². The SMILES string of the molecule is NCC(=O)O.O=C(CCC(=O)OC1CCCCC1)OCCCC(=O)OCc1ccccc1.O=C(CCCO)OCc1ccccc1.O=C(O)CCC(=O)OC1CCCCC1.O=C(O)CCCOC(=O)CCC(=O)OC1CCCCC1.OC1CCCCC1. The molecule has 23 heteroatoms. The molecule has 6 rings (SSSR count). The minimum Gasteiger partial charge on any atom is -0.481 e. The molecule has 490 valence electrons. The monoisotopic (exact) mass is 1230 g/mol. The van der Waals surface area contributed by atoms with Crippen LogP contribution in [0.2, 0.25) is 0 Å². The first-order chi connectivity index (χ1) is 41.9. The van der Waals surface area contributed by atoms with Gasteiger partial charge in [0.05, 0.1) is 64.4 Å². The highest BCUT2D eigenvalue weighted by atomic mass is 16.6. The number of nitrogens with two attached hydrogens (primary N) is 1. The lowest BCUT2D eigenvalue weighted by atomic mass is 9.98. The van der Waals surface area contributed by atoms with Crippen molar-refractivity contribution in [3.8, 4) is 0 Å². The number of hydrogen-bond donors (Lipinski definition) is 6. The number of carbonyl (C=O) groups is 10. The van der Waals surface area contributed by atoms with E-state index in [2.05, 4.69) is 5.73 Å². The second-order valence-electron chi connectivity index (χ2n) is 21.2. The van der Waals surface area contributed by atoms with Gasteiger partial charge in [-0.2, -0.15) is 0 Å². The van der Waals surface area contributed by atoms with Crippen molar-refractivity contribution in [3.05, 3.63) is 71.8 Å². The number of aliphatic hydroxyl groups is 2. The Morgan fingerprint density at radius 2 is 0.667 bits per heavy atom. The first-order valence-electron chi connectivity index (χ1n) is 30.8. The van der Waals surface area contributed by atoms with E-state index < -0.39 is 29.8 Å². The highest BCUT2D eigenvalue weighted by Gasteiger charge is 2.21. The third-order valence-electron chi connectivity index (χ3n) is 13.5. The van der Waals surface area contributed by atoms with Crippen molar-refractivity contribution in [3.63, 3.8) is 0 Å². The van der Waals surface area contributed by atoms with Gasteiger partial charge in [0.15, 0.2) is 0 Å². The predicted molar refractivity (Wildman–Crippen MR) is 317 cm³/mol. The summed E-state index contributed by atoms with van der Waals surface area (Å²) < 4.78 is 35.8. The van der Waals surface area contributed by atoms with Gasteiger partial charge in [0.1, 0.15) is 31.5 Å². The van der Waals surface area contributed by atoms with Crippen molar-refractivity contribution in [2.24, 2.45) is 5.73 Å². The zero-order chi connectivity index (χ0) is 64.1. The summed E-state index contributed by atoms with van der Waals surface area (Å²) >= 11 is 0. The topological polar surface area (TPSA) is 362 Å². The summed E-state index contributed by atoms with van der Waals surface area (Å²) in [7, 11) is 0. The van der Waals surface area contributed by atoms with Crippen LogP contribution in [0.15, 0.2) is 60.7 Å². The average molecular weight is 1230 g/mol. The molecule has 87 heavy (non-hydrogen) atoms. The zero-order valence-corrected chi connectivity index (χ0v) is 50.7. The molecule has 0 spiro atoms.